The highest BCUT2D eigenvalue weighted by molar-refractivity contribution is 8.14. The van der Waals surface area contributed by atoms with Gasteiger partial charge in [0.15, 0.2) is 10.2 Å². The number of rotatable bonds is 3. The molecule has 1 heterocycles. The molecule has 2 aromatic carbocycles. The summed E-state index contributed by atoms with van der Waals surface area (Å²) in [4.78, 5) is 27.0. The summed E-state index contributed by atoms with van der Waals surface area (Å²) in [5, 5.41) is 5.53. The van der Waals surface area contributed by atoms with Crippen LogP contribution in [0.25, 0.3) is 21.0 Å². The lowest BCUT2D eigenvalue weighted by Crippen LogP contribution is -2.14. The predicted octanol–water partition coefficient (Wildman–Crippen LogP) is 3.67. The van der Waals surface area contributed by atoms with Crippen LogP contribution in [-0.4, -0.2) is 21.8 Å². The first-order valence-electron chi connectivity index (χ1n) is 6.35. The lowest BCUT2D eigenvalue weighted by molar-refractivity contribution is -0.114. The van der Waals surface area contributed by atoms with Gasteiger partial charge in [-0.1, -0.05) is 53.4 Å². The number of hydrogen-bond donors (Lipinski definition) is 1. The number of aromatic nitrogens is 1. The standard InChI is InChI=1S/C15H12N2O2S2/c1-9(18)20-8-13(19)17-15-16-12-7-6-10-4-2-3-5-11(10)14(12)21-15/h2-7H,8H2,1H3,(H,16,17,19). The molecule has 0 unspecified atom stereocenters. The average molecular weight is 316 g/mol. The fourth-order valence-corrected chi connectivity index (χ4v) is 3.45. The zero-order chi connectivity index (χ0) is 14.8. The SMILES string of the molecule is CC(=O)SCC(=O)Nc1nc2ccc3ccccc3c2s1. The van der Waals surface area contributed by atoms with Gasteiger partial charge in [-0.25, -0.2) is 4.98 Å². The van der Waals surface area contributed by atoms with E-state index < -0.39 is 0 Å². The molecule has 1 N–H and O–H groups in total. The van der Waals surface area contributed by atoms with Crippen LogP contribution in [0.3, 0.4) is 0 Å². The third-order valence-corrected chi connectivity index (χ3v) is 4.77. The summed E-state index contributed by atoms with van der Waals surface area (Å²) >= 11 is 2.45. The van der Waals surface area contributed by atoms with E-state index in [-0.39, 0.29) is 16.8 Å². The Morgan fingerprint density at radius 1 is 1.24 bits per heavy atom. The van der Waals surface area contributed by atoms with E-state index in [1.54, 1.807) is 0 Å². The molecule has 6 heteroatoms. The molecule has 0 radical (unpaired) electrons. The quantitative estimate of drug-likeness (QED) is 0.801. The van der Waals surface area contributed by atoms with Crippen LogP contribution in [0.2, 0.25) is 0 Å². The summed E-state index contributed by atoms with van der Waals surface area (Å²) in [6, 6.07) is 12.1. The zero-order valence-electron chi connectivity index (χ0n) is 11.3. The van der Waals surface area contributed by atoms with Gasteiger partial charge >= 0.3 is 0 Å². The molecule has 3 aromatic rings. The van der Waals surface area contributed by atoms with E-state index in [2.05, 4.69) is 16.4 Å². The highest BCUT2D eigenvalue weighted by Gasteiger charge is 2.10. The highest BCUT2D eigenvalue weighted by Crippen LogP contribution is 2.32. The largest absolute Gasteiger partial charge is 0.301 e. The highest BCUT2D eigenvalue weighted by atomic mass is 32.2. The maximum Gasteiger partial charge on any atom is 0.236 e. The van der Waals surface area contributed by atoms with Crippen molar-refractivity contribution in [3.63, 3.8) is 0 Å². The van der Waals surface area contributed by atoms with Gasteiger partial charge in [-0.2, -0.15) is 0 Å². The summed E-state index contributed by atoms with van der Waals surface area (Å²) in [5.41, 5.74) is 0.869. The van der Waals surface area contributed by atoms with Gasteiger partial charge in [-0.15, -0.1) is 0 Å². The Kier molecular flexibility index (Phi) is 3.90. The maximum atomic E-state index is 11.7. The molecule has 0 spiro atoms. The fourth-order valence-electron chi connectivity index (χ4n) is 2.03. The summed E-state index contributed by atoms with van der Waals surface area (Å²) in [6.07, 6.45) is 0. The number of thiazole rings is 1. The zero-order valence-corrected chi connectivity index (χ0v) is 12.9. The van der Waals surface area contributed by atoms with Crippen molar-refractivity contribution in [2.75, 3.05) is 11.1 Å². The van der Waals surface area contributed by atoms with Crippen molar-refractivity contribution >= 4 is 60.2 Å². The molecule has 21 heavy (non-hydrogen) atoms. The van der Waals surface area contributed by atoms with Crippen LogP contribution in [0.1, 0.15) is 6.92 Å². The van der Waals surface area contributed by atoms with E-state index in [4.69, 9.17) is 0 Å². The second-order valence-corrected chi connectivity index (χ2v) is 6.63. The van der Waals surface area contributed by atoms with Crippen LogP contribution in [0, 0.1) is 0 Å². The van der Waals surface area contributed by atoms with Crippen LogP contribution >= 0.6 is 23.1 Å². The number of thioether (sulfide) groups is 1. The molecular formula is C15H12N2O2S2. The van der Waals surface area contributed by atoms with E-state index in [1.165, 1.54) is 18.3 Å². The van der Waals surface area contributed by atoms with E-state index in [0.29, 0.717) is 5.13 Å². The number of carbonyl (C=O) groups excluding carboxylic acids is 2. The number of hydrogen-bond acceptors (Lipinski definition) is 5. The molecule has 0 saturated carbocycles. The van der Waals surface area contributed by atoms with E-state index in [1.807, 2.05) is 30.3 Å². The molecule has 1 amide bonds. The van der Waals surface area contributed by atoms with Crippen molar-refractivity contribution in [1.82, 2.24) is 4.98 Å². The Morgan fingerprint density at radius 2 is 2.05 bits per heavy atom. The smallest absolute Gasteiger partial charge is 0.236 e. The Balaban J connectivity index is 1.89. The van der Waals surface area contributed by atoms with Gasteiger partial charge in [-0.3, -0.25) is 9.59 Å². The molecule has 0 aliphatic heterocycles. The van der Waals surface area contributed by atoms with Gasteiger partial charge in [0.2, 0.25) is 5.91 Å². The minimum atomic E-state index is -0.210. The van der Waals surface area contributed by atoms with Crippen LogP contribution < -0.4 is 5.32 Å². The van der Waals surface area contributed by atoms with Crippen LogP contribution in [0.4, 0.5) is 5.13 Å². The Morgan fingerprint density at radius 3 is 2.86 bits per heavy atom. The van der Waals surface area contributed by atoms with Gasteiger partial charge in [0.05, 0.1) is 16.0 Å². The molecule has 1 aromatic heterocycles. The second-order valence-electron chi connectivity index (χ2n) is 4.48. The van der Waals surface area contributed by atoms with Gasteiger partial charge in [0.25, 0.3) is 0 Å². The Bertz CT molecular complexity index is 842. The maximum absolute atomic E-state index is 11.7. The van der Waals surface area contributed by atoms with Gasteiger partial charge in [-0.05, 0) is 11.5 Å². The normalized spacial score (nSPS) is 10.9. The first kappa shape index (κ1) is 14.0. The molecule has 0 fully saturated rings. The first-order valence-corrected chi connectivity index (χ1v) is 8.15. The van der Waals surface area contributed by atoms with Gasteiger partial charge < -0.3 is 5.32 Å². The molecule has 3 rings (SSSR count). The number of benzene rings is 2. The average Bonchev–Trinajstić information content (AvgIpc) is 2.88. The summed E-state index contributed by atoms with van der Waals surface area (Å²) in [5.74, 6) is -0.0926. The van der Waals surface area contributed by atoms with Crippen molar-refractivity contribution in [1.29, 1.82) is 0 Å². The van der Waals surface area contributed by atoms with E-state index in [0.717, 1.165) is 32.8 Å². The topological polar surface area (TPSA) is 59.1 Å². The second kappa shape index (κ2) is 5.83. The number of carbonyl (C=O) groups is 2. The van der Waals surface area contributed by atoms with Crippen molar-refractivity contribution in [2.45, 2.75) is 6.92 Å². The number of nitrogens with one attached hydrogen (secondary N) is 1. The lowest BCUT2D eigenvalue weighted by atomic mass is 10.1. The molecule has 106 valence electrons. The van der Waals surface area contributed by atoms with Crippen molar-refractivity contribution in [2.24, 2.45) is 0 Å². The minimum absolute atomic E-state index is 0.0690. The number of anilines is 1. The molecule has 0 aliphatic rings. The molecular weight excluding hydrogens is 304 g/mol. The molecule has 0 saturated heterocycles. The lowest BCUT2D eigenvalue weighted by Gasteiger charge is -1.98. The van der Waals surface area contributed by atoms with E-state index >= 15 is 0 Å². The van der Waals surface area contributed by atoms with Gasteiger partial charge in [0, 0.05) is 12.3 Å². The molecule has 4 nitrogen and oxygen atoms in total. The number of amides is 1. The summed E-state index contributed by atoms with van der Waals surface area (Å²) in [6.45, 7) is 1.45. The Hall–Kier alpha value is -1.92. The van der Waals surface area contributed by atoms with Crippen molar-refractivity contribution in [3.8, 4) is 0 Å². The predicted molar refractivity (Wildman–Crippen MR) is 88.9 cm³/mol. The van der Waals surface area contributed by atoms with Crippen LogP contribution in [0.5, 0.6) is 0 Å². The summed E-state index contributed by atoms with van der Waals surface area (Å²) < 4.78 is 1.06. The molecule has 0 aliphatic carbocycles. The third kappa shape index (κ3) is 3.06. The van der Waals surface area contributed by atoms with E-state index in [9.17, 15) is 9.59 Å². The van der Waals surface area contributed by atoms with Crippen molar-refractivity contribution < 1.29 is 9.59 Å². The summed E-state index contributed by atoms with van der Waals surface area (Å²) in [7, 11) is 0. The first-order chi connectivity index (χ1) is 10.1. The monoisotopic (exact) mass is 316 g/mol. The number of nitrogens with zero attached hydrogens (tertiary/aromatic N) is 1. The Labute approximate surface area is 129 Å². The van der Waals surface area contributed by atoms with Crippen LogP contribution in [0.15, 0.2) is 36.4 Å². The third-order valence-electron chi connectivity index (χ3n) is 2.93. The minimum Gasteiger partial charge on any atom is -0.301 e. The molecule has 0 atom stereocenters. The number of fused-ring (bicyclic) bond motifs is 3. The van der Waals surface area contributed by atoms with Crippen LogP contribution in [-0.2, 0) is 9.59 Å². The molecule has 0 bridgehead atoms. The van der Waals surface area contributed by atoms with Gasteiger partial charge in [0.1, 0.15) is 0 Å². The van der Waals surface area contributed by atoms with Crippen molar-refractivity contribution in [3.05, 3.63) is 36.4 Å². The fraction of sp³-hybridized carbons (Fsp3) is 0.133.